The Labute approximate surface area is 178 Å². The van der Waals surface area contributed by atoms with Crippen molar-refractivity contribution in [2.75, 3.05) is 7.05 Å². The highest BCUT2D eigenvalue weighted by Crippen LogP contribution is 2.11. The van der Waals surface area contributed by atoms with Crippen LogP contribution in [-0.4, -0.2) is 42.4 Å². The fourth-order valence-electron chi connectivity index (χ4n) is 3.03. The number of Topliss-reactive ketones (excluding diaryl/α,β-unsaturated/α-hetero) is 2. The molecule has 2 atom stereocenters. The number of alkyl carbamates (subject to hydrolysis) is 1. The molecular weight excluding hydrogens is 380 g/mol. The van der Waals surface area contributed by atoms with Gasteiger partial charge in [-0.05, 0) is 45.4 Å². The van der Waals surface area contributed by atoms with Gasteiger partial charge < -0.3 is 15.4 Å². The second kappa shape index (κ2) is 10.7. The van der Waals surface area contributed by atoms with Crippen molar-refractivity contribution in [2.24, 2.45) is 0 Å². The lowest BCUT2D eigenvalue weighted by Crippen LogP contribution is -2.51. The number of benzene rings is 2. The Hall–Kier alpha value is -2.99. The lowest BCUT2D eigenvalue weighted by atomic mass is 9.94. The number of nitrogens with one attached hydrogen (secondary N) is 2. The molecule has 0 aromatic heterocycles. The van der Waals surface area contributed by atoms with Crippen LogP contribution >= 0.6 is 0 Å². The third-order valence-corrected chi connectivity index (χ3v) is 4.48. The number of likely N-dealkylation sites (N-methyl/N-ethyl adjacent to an activating group) is 1. The predicted molar refractivity (Wildman–Crippen MR) is 116 cm³/mol. The van der Waals surface area contributed by atoms with Crippen molar-refractivity contribution < 1.29 is 19.1 Å². The van der Waals surface area contributed by atoms with Crippen LogP contribution in [0, 0.1) is 0 Å². The zero-order valence-corrected chi connectivity index (χ0v) is 18.0. The number of carbonyl (C=O) groups is 3. The summed E-state index contributed by atoms with van der Waals surface area (Å²) >= 11 is 0. The van der Waals surface area contributed by atoms with E-state index >= 15 is 0 Å². The topological polar surface area (TPSA) is 84.5 Å². The lowest BCUT2D eigenvalue weighted by molar-refractivity contribution is -0.138. The van der Waals surface area contributed by atoms with Crippen molar-refractivity contribution in [2.45, 2.75) is 51.3 Å². The molecule has 0 bridgehead atoms. The average molecular weight is 411 g/mol. The molecule has 2 aromatic carbocycles. The Morgan fingerprint density at radius 2 is 1.23 bits per heavy atom. The van der Waals surface area contributed by atoms with Gasteiger partial charge in [0.15, 0.2) is 0 Å². The Kier molecular flexibility index (Phi) is 8.30. The van der Waals surface area contributed by atoms with Gasteiger partial charge in [0.25, 0.3) is 0 Å². The second-order valence-electron chi connectivity index (χ2n) is 8.15. The molecule has 0 saturated heterocycles. The highest BCUT2D eigenvalue weighted by atomic mass is 16.6. The monoisotopic (exact) mass is 410 g/mol. The van der Waals surface area contributed by atoms with Gasteiger partial charge in [0.1, 0.15) is 11.6 Å². The van der Waals surface area contributed by atoms with E-state index in [0.29, 0.717) is 6.42 Å². The maximum absolute atomic E-state index is 13.1. The van der Waals surface area contributed by atoms with Crippen LogP contribution in [0.2, 0.25) is 0 Å². The summed E-state index contributed by atoms with van der Waals surface area (Å²) in [7, 11) is 1.65. The molecule has 1 amide bonds. The van der Waals surface area contributed by atoms with E-state index in [1.54, 1.807) is 27.8 Å². The van der Waals surface area contributed by atoms with Crippen LogP contribution in [0.5, 0.6) is 0 Å². The van der Waals surface area contributed by atoms with Gasteiger partial charge >= 0.3 is 6.09 Å². The van der Waals surface area contributed by atoms with Gasteiger partial charge in [0, 0.05) is 6.42 Å². The highest BCUT2D eigenvalue weighted by Gasteiger charge is 2.32. The van der Waals surface area contributed by atoms with E-state index in [9.17, 15) is 14.4 Å². The van der Waals surface area contributed by atoms with Crippen molar-refractivity contribution in [1.29, 1.82) is 0 Å². The maximum Gasteiger partial charge on any atom is 0.408 e. The van der Waals surface area contributed by atoms with Crippen LogP contribution in [0.4, 0.5) is 4.79 Å². The minimum Gasteiger partial charge on any atom is -0.444 e. The molecule has 0 aliphatic heterocycles. The Morgan fingerprint density at radius 3 is 1.67 bits per heavy atom. The summed E-state index contributed by atoms with van der Waals surface area (Å²) in [4.78, 5) is 38.4. The summed E-state index contributed by atoms with van der Waals surface area (Å²) in [6, 6.07) is 17.0. The summed E-state index contributed by atoms with van der Waals surface area (Å²) in [5, 5.41) is 5.51. The first-order chi connectivity index (χ1) is 14.2. The molecule has 160 valence electrons. The second-order valence-corrected chi connectivity index (χ2v) is 8.15. The van der Waals surface area contributed by atoms with E-state index in [0.717, 1.165) is 11.1 Å². The summed E-state index contributed by atoms with van der Waals surface area (Å²) in [5.41, 5.74) is 1.07. The SMILES string of the molecule is CN[C@@H](Cc1ccccc1)C(=O)C(=O)[C@H](Cc1ccccc1)NC(=O)OC(C)(C)C. The average Bonchev–Trinajstić information content (AvgIpc) is 2.70. The molecule has 2 rings (SSSR count). The zero-order chi connectivity index (χ0) is 22.1. The highest BCUT2D eigenvalue weighted by molar-refractivity contribution is 6.41. The van der Waals surface area contributed by atoms with Crippen LogP contribution in [0.25, 0.3) is 0 Å². The first-order valence-corrected chi connectivity index (χ1v) is 10.0. The van der Waals surface area contributed by atoms with Crippen LogP contribution < -0.4 is 10.6 Å². The number of rotatable bonds is 9. The summed E-state index contributed by atoms with van der Waals surface area (Å²) in [5.74, 6) is -1.22. The van der Waals surface area contributed by atoms with Gasteiger partial charge in [-0.25, -0.2) is 4.79 Å². The number of hydrogen-bond acceptors (Lipinski definition) is 5. The van der Waals surface area contributed by atoms with E-state index in [-0.39, 0.29) is 6.42 Å². The minimum atomic E-state index is -1.01. The molecule has 2 N–H and O–H groups in total. The van der Waals surface area contributed by atoms with E-state index in [4.69, 9.17) is 4.74 Å². The normalized spacial score (nSPS) is 13.2. The number of ether oxygens (including phenoxy) is 1. The molecule has 2 aromatic rings. The van der Waals surface area contributed by atoms with Gasteiger partial charge in [-0.15, -0.1) is 0 Å². The van der Waals surface area contributed by atoms with Crippen LogP contribution in [0.1, 0.15) is 31.9 Å². The lowest BCUT2D eigenvalue weighted by Gasteiger charge is -2.24. The van der Waals surface area contributed by atoms with E-state index in [2.05, 4.69) is 10.6 Å². The van der Waals surface area contributed by atoms with Crippen LogP contribution in [0.15, 0.2) is 60.7 Å². The standard InChI is InChI=1S/C24H30N2O4/c1-24(2,3)30-23(29)26-20(16-18-13-9-6-10-14-18)22(28)21(27)19(25-4)15-17-11-7-5-8-12-17/h5-14,19-20,25H,15-16H2,1-4H3,(H,26,29)/t19-,20-/m0/s1. The molecule has 0 radical (unpaired) electrons. The molecule has 0 spiro atoms. The Bertz CT molecular complexity index is 845. The fourth-order valence-corrected chi connectivity index (χ4v) is 3.03. The van der Waals surface area contributed by atoms with Gasteiger partial charge in [-0.2, -0.15) is 0 Å². The van der Waals surface area contributed by atoms with Gasteiger partial charge in [0.05, 0.1) is 6.04 Å². The van der Waals surface area contributed by atoms with Crippen molar-refractivity contribution in [1.82, 2.24) is 10.6 Å². The van der Waals surface area contributed by atoms with Crippen LogP contribution in [0.3, 0.4) is 0 Å². The van der Waals surface area contributed by atoms with Gasteiger partial charge in [-0.1, -0.05) is 60.7 Å². The molecule has 6 nitrogen and oxygen atoms in total. The van der Waals surface area contributed by atoms with E-state index in [1.165, 1.54) is 0 Å². The van der Waals surface area contributed by atoms with Crippen molar-refractivity contribution >= 4 is 17.7 Å². The fraction of sp³-hybridized carbons (Fsp3) is 0.375. The van der Waals surface area contributed by atoms with Crippen molar-refractivity contribution in [3.05, 3.63) is 71.8 Å². The number of hydrogen-bond donors (Lipinski definition) is 2. The Balaban J connectivity index is 2.18. The molecule has 0 aliphatic rings. The quantitative estimate of drug-likeness (QED) is 0.621. The molecular formula is C24H30N2O4. The smallest absolute Gasteiger partial charge is 0.408 e. The molecule has 0 fully saturated rings. The third-order valence-electron chi connectivity index (χ3n) is 4.48. The molecule has 0 saturated carbocycles. The summed E-state index contributed by atoms with van der Waals surface area (Å²) in [6.07, 6.45) is -0.146. The van der Waals surface area contributed by atoms with Gasteiger partial charge in [0.2, 0.25) is 11.6 Å². The first kappa shape index (κ1) is 23.3. The summed E-state index contributed by atoms with van der Waals surface area (Å²) < 4.78 is 5.29. The third kappa shape index (κ3) is 7.44. The van der Waals surface area contributed by atoms with Crippen LogP contribution in [-0.2, 0) is 27.2 Å². The number of ketones is 2. The minimum absolute atomic E-state index is 0.201. The largest absolute Gasteiger partial charge is 0.444 e. The molecule has 0 aliphatic carbocycles. The van der Waals surface area contributed by atoms with E-state index in [1.807, 2.05) is 60.7 Å². The Morgan fingerprint density at radius 1 is 0.800 bits per heavy atom. The maximum atomic E-state index is 13.1. The zero-order valence-electron chi connectivity index (χ0n) is 18.0. The molecule has 30 heavy (non-hydrogen) atoms. The van der Waals surface area contributed by atoms with Crippen molar-refractivity contribution in [3.63, 3.8) is 0 Å². The van der Waals surface area contributed by atoms with Crippen molar-refractivity contribution in [3.8, 4) is 0 Å². The molecule has 6 heteroatoms. The van der Waals surface area contributed by atoms with Gasteiger partial charge in [-0.3, -0.25) is 9.59 Å². The first-order valence-electron chi connectivity index (χ1n) is 10.0. The number of carbonyl (C=O) groups excluding carboxylic acids is 3. The number of amides is 1. The summed E-state index contributed by atoms with van der Waals surface area (Å²) in [6.45, 7) is 5.22. The van der Waals surface area contributed by atoms with E-state index < -0.39 is 35.3 Å². The molecule has 0 heterocycles. The molecule has 0 unspecified atom stereocenters. The predicted octanol–water partition coefficient (Wildman–Crippen LogP) is 3.09.